The van der Waals surface area contributed by atoms with E-state index in [0.717, 1.165) is 13.1 Å². The molecular weight excluding hydrogens is 485 g/mol. The fraction of sp³-hybridized carbons (Fsp3) is 0.458. The first-order valence-electron chi connectivity index (χ1n) is 10.8. The van der Waals surface area contributed by atoms with E-state index >= 15 is 0 Å². The number of alkyl halides is 3. The summed E-state index contributed by atoms with van der Waals surface area (Å²) < 4.78 is 33.0. The number of carboxylic acid groups (broad SMARTS) is 1. The summed E-state index contributed by atoms with van der Waals surface area (Å²) in [5.74, 6) is -2.76. The topological polar surface area (TPSA) is 52.6 Å². The fourth-order valence-electron chi connectivity index (χ4n) is 4.41. The minimum atomic E-state index is -5.08. The molecule has 0 saturated carbocycles. The van der Waals surface area contributed by atoms with Crippen molar-refractivity contribution in [2.45, 2.75) is 51.4 Å². The Hall–Kier alpha value is -1.90. The van der Waals surface area contributed by atoms with Crippen LogP contribution in [-0.4, -0.2) is 41.8 Å². The largest absolute Gasteiger partial charge is 0.490 e. The molecule has 0 fully saturated rings. The zero-order valence-electron chi connectivity index (χ0n) is 18.0. The van der Waals surface area contributed by atoms with Gasteiger partial charge in [0.05, 0.1) is 0 Å². The number of halogens is 4. The van der Waals surface area contributed by atoms with Crippen molar-refractivity contribution in [3.63, 3.8) is 0 Å². The normalized spacial score (nSPS) is 17.8. The summed E-state index contributed by atoms with van der Waals surface area (Å²) in [7, 11) is 0. The molecule has 2 aliphatic rings. The Bertz CT molecular complexity index is 949. The molecule has 4 nitrogen and oxygen atoms in total. The van der Waals surface area contributed by atoms with E-state index in [-0.39, 0.29) is 0 Å². The molecule has 1 atom stereocenters. The first kappa shape index (κ1) is 24.7. The number of nitrogens with zero attached hydrogens (tertiary/aromatic N) is 1. The van der Waals surface area contributed by atoms with Crippen molar-refractivity contribution in [1.82, 2.24) is 10.2 Å². The van der Waals surface area contributed by atoms with Crippen LogP contribution >= 0.6 is 15.9 Å². The van der Waals surface area contributed by atoms with E-state index in [1.54, 1.807) is 11.1 Å². The second kappa shape index (κ2) is 10.8. The van der Waals surface area contributed by atoms with Crippen molar-refractivity contribution in [3.8, 4) is 0 Å². The van der Waals surface area contributed by atoms with Gasteiger partial charge in [-0.3, -0.25) is 4.90 Å². The van der Waals surface area contributed by atoms with Crippen molar-refractivity contribution in [2.24, 2.45) is 0 Å². The second-order valence-corrected chi connectivity index (χ2v) is 9.11. The molecule has 1 aliphatic carbocycles. The smallest absolute Gasteiger partial charge is 0.475 e. The number of aliphatic carboxylic acids is 1. The first-order chi connectivity index (χ1) is 15.2. The summed E-state index contributed by atoms with van der Waals surface area (Å²) in [5.41, 5.74) is 7.56. The standard InChI is InChI=1S/C22H27BrN2.C2HF3O2/c1-16-7-9-20(23)22-19(16)8-10-21(22)24-12-4-13-25-14-11-17-5-2-3-6-18(17)15-25;3-2(4,5)1(6)7/h2-3,5-7,9,21,24H,4,8,10-15H2,1H3;(H,6,7). The minimum Gasteiger partial charge on any atom is -0.475 e. The Kier molecular flexibility index (Phi) is 8.36. The molecule has 32 heavy (non-hydrogen) atoms. The van der Waals surface area contributed by atoms with Gasteiger partial charge >= 0.3 is 12.1 Å². The molecule has 1 heterocycles. The average molecular weight is 513 g/mol. The van der Waals surface area contributed by atoms with Gasteiger partial charge in [-0.1, -0.05) is 46.3 Å². The highest BCUT2D eigenvalue weighted by molar-refractivity contribution is 9.10. The van der Waals surface area contributed by atoms with E-state index in [2.05, 4.69) is 69.5 Å². The monoisotopic (exact) mass is 512 g/mol. The molecular formula is C24H28BrF3N2O2. The van der Waals surface area contributed by atoms with Crippen molar-refractivity contribution in [1.29, 1.82) is 0 Å². The maximum atomic E-state index is 10.6. The average Bonchev–Trinajstić information content (AvgIpc) is 3.19. The van der Waals surface area contributed by atoms with E-state index < -0.39 is 12.1 Å². The number of carboxylic acids is 1. The molecule has 1 aliphatic heterocycles. The van der Waals surface area contributed by atoms with Crippen LogP contribution in [-0.2, 0) is 24.2 Å². The van der Waals surface area contributed by atoms with Crippen LogP contribution in [0.5, 0.6) is 0 Å². The Morgan fingerprint density at radius 1 is 1.19 bits per heavy atom. The minimum absolute atomic E-state index is 0.520. The van der Waals surface area contributed by atoms with Gasteiger partial charge in [0.1, 0.15) is 0 Å². The zero-order chi connectivity index (χ0) is 23.3. The molecule has 0 amide bonds. The van der Waals surface area contributed by atoms with Gasteiger partial charge in [0.15, 0.2) is 0 Å². The number of aryl methyl sites for hydroxylation is 1. The lowest BCUT2D eigenvalue weighted by Crippen LogP contribution is -2.33. The summed E-state index contributed by atoms with van der Waals surface area (Å²) in [4.78, 5) is 11.5. The molecule has 0 aromatic heterocycles. The number of rotatable bonds is 5. The number of hydrogen-bond acceptors (Lipinski definition) is 3. The molecule has 0 spiro atoms. The molecule has 0 saturated heterocycles. The van der Waals surface area contributed by atoms with Crippen LogP contribution in [0.25, 0.3) is 0 Å². The van der Waals surface area contributed by atoms with Crippen molar-refractivity contribution in [3.05, 3.63) is 68.7 Å². The Labute approximate surface area is 194 Å². The lowest BCUT2D eigenvalue weighted by atomic mass is 10.00. The number of nitrogens with one attached hydrogen (secondary N) is 1. The number of fused-ring (bicyclic) bond motifs is 2. The van der Waals surface area contributed by atoms with E-state index in [0.29, 0.717) is 6.04 Å². The molecule has 8 heteroatoms. The predicted molar refractivity (Wildman–Crippen MR) is 122 cm³/mol. The maximum absolute atomic E-state index is 10.6. The third-order valence-electron chi connectivity index (χ3n) is 6.06. The van der Waals surface area contributed by atoms with Gasteiger partial charge in [0, 0.05) is 23.6 Å². The van der Waals surface area contributed by atoms with Crippen molar-refractivity contribution in [2.75, 3.05) is 19.6 Å². The van der Waals surface area contributed by atoms with Crippen LogP contribution in [0, 0.1) is 6.92 Å². The van der Waals surface area contributed by atoms with Gasteiger partial charge in [-0.15, -0.1) is 0 Å². The van der Waals surface area contributed by atoms with Gasteiger partial charge in [-0.2, -0.15) is 13.2 Å². The molecule has 2 aromatic carbocycles. The van der Waals surface area contributed by atoms with Crippen LogP contribution in [0.15, 0.2) is 40.9 Å². The van der Waals surface area contributed by atoms with Crippen LogP contribution in [0.3, 0.4) is 0 Å². The van der Waals surface area contributed by atoms with Crippen LogP contribution in [0.2, 0.25) is 0 Å². The Balaban J connectivity index is 0.000000360. The fourth-order valence-corrected chi connectivity index (χ4v) is 5.06. The van der Waals surface area contributed by atoms with Gasteiger partial charge in [0.25, 0.3) is 0 Å². The van der Waals surface area contributed by atoms with Gasteiger partial charge in [0.2, 0.25) is 0 Å². The molecule has 0 radical (unpaired) electrons. The number of hydrogen-bond donors (Lipinski definition) is 2. The summed E-state index contributed by atoms with van der Waals surface area (Å²) in [6.45, 7) is 6.85. The van der Waals surface area contributed by atoms with E-state index in [4.69, 9.17) is 9.90 Å². The van der Waals surface area contributed by atoms with Crippen molar-refractivity contribution >= 4 is 21.9 Å². The van der Waals surface area contributed by atoms with Crippen LogP contribution in [0.1, 0.15) is 46.7 Å². The Morgan fingerprint density at radius 3 is 2.56 bits per heavy atom. The Morgan fingerprint density at radius 2 is 1.88 bits per heavy atom. The third kappa shape index (κ3) is 6.33. The zero-order valence-corrected chi connectivity index (χ0v) is 19.6. The van der Waals surface area contributed by atoms with Gasteiger partial charge in [-0.25, -0.2) is 4.79 Å². The maximum Gasteiger partial charge on any atom is 0.490 e. The highest BCUT2D eigenvalue weighted by Gasteiger charge is 2.38. The number of carbonyl (C=O) groups is 1. The van der Waals surface area contributed by atoms with E-state index in [1.165, 1.54) is 59.9 Å². The lowest BCUT2D eigenvalue weighted by Gasteiger charge is -2.28. The molecule has 2 aromatic rings. The van der Waals surface area contributed by atoms with Crippen LogP contribution < -0.4 is 5.32 Å². The second-order valence-electron chi connectivity index (χ2n) is 8.25. The molecule has 1 unspecified atom stereocenters. The predicted octanol–water partition coefficient (Wildman–Crippen LogP) is 5.42. The summed E-state index contributed by atoms with van der Waals surface area (Å²) in [5, 5.41) is 10.9. The number of benzene rings is 2. The third-order valence-corrected chi connectivity index (χ3v) is 6.76. The molecule has 0 bridgehead atoms. The molecule has 174 valence electrons. The molecule has 2 N–H and O–H groups in total. The summed E-state index contributed by atoms with van der Waals surface area (Å²) >= 11 is 3.76. The quantitative estimate of drug-likeness (QED) is 0.525. The van der Waals surface area contributed by atoms with E-state index in [1.807, 2.05) is 0 Å². The first-order valence-corrected chi connectivity index (χ1v) is 11.6. The van der Waals surface area contributed by atoms with Crippen LogP contribution in [0.4, 0.5) is 13.2 Å². The highest BCUT2D eigenvalue weighted by atomic mass is 79.9. The van der Waals surface area contributed by atoms with Crippen molar-refractivity contribution < 1.29 is 23.1 Å². The summed E-state index contributed by atoms with van der Waals surface area (Å²) in [6, 6.07) is 13.9. The SMILES string of the molecule is Cc1ccc(Br)c2c1CCC2NCCCN1CCc2ccccc2C1.O=C(O)C(F)(F)F. The summed E-state index contributed by atoms with van der Waals surface area (Å²) in [6.07, 6.45) is -0.222. The van der Waals surface area contributed by atoms with Gasteiger partial charge in [-0.05, 0) is 79.6 Å². The lowest BCUT2D eigenvalue weighted by molar-refractivity contribution is -0.192. The highest BCUT2D eigenvalue weighted by Crippen LogP contribution is 2.38. The van der Waals surface area contributed by atoms with Gasteiger partial charge < -0.3 is 10.4 Å². The molecule has 4 rings (SSSR count). The van der Waals surface area contributed by atoms with E-state index in [9.17, 15) is 13.2 Å².